The number of ether oxygens (including phenoxy) is 1. The number of hydrogen-bond acceptors (Lipinski definition) is 1. The highest BCUT2D eigenvalue weighted by Crippen LogP contribution is 2.01. The Morgan fingerprint density at radius 3 is 2.62 bits per heavy atom. The molecule has 0 saturated heterocycles. The van der Waals surface area contributed by atoms with Crippen LogP contribution in [0.1, 0.15) is 5.56 Å². The van der Waals surface area contributed by atoms with Crippen molar-refractivity contribution in [2.24, 2.45) is 0 Å². The van der Waals surface area contributed by atoms with Crippen molar-refractivity contribution < 1.29 is 4.74 Å². The fraction of sp³-hybridized carbons (Fsp3) is 0.167. The van der Waals surface area contributed by atoms with Gasteiger partial charge in [0.25, 0.3) is 0 Å². The summed E-state index contributed by atoms with van der Waals surface area (Å²) in [6.45, 7) is 7.89. The Bertz CT molecular complexity index is 274. The molecule has 68 valence electrons. The zero-order valence-electron chi connectivity index (χ0n) is 7.70. The van der Waals surface area contributed by atoms with Crippen molar-refractivity contribution in [3.8, 4) is 0 Å². The van der Waals surface area contributed by atoms with Crippen molar-refractivity contribution in [1.29, 1.82) is 0 Å². The van der Waals surface area contributed by atoms with Crippen LogP contribution in [-0.2, 0) is 11.2 Å². The second-order valence-electron chi connectivity index (χ2n) is 2.75. The molecule has 0 aliphatic rings. The van der Waals surface area contributed by atoms with Crippen LogP contribution in [0.15, 0.2) is 55.3 Å². The predicted molar refractivity (Wildman–Crippen MR) is 55.4 cm³/mol. The van der Waals surface area contributed by atoms with Crippen molar-refractivity contribution in [1.82, 2.24) is 0 Å². The zero-order valence-corrected chi connectivity index (χ0v) is 7.70. The van der Waals surface area contributed by atoms with Crippen LogP contribution in [0, 0.1) is 0 Å². The van der Waals surface area contributed by atoms with Gasteiger partial charge >= 0.3 is 0 Å². The van der Waals surface area contributed by atoms with Crippen LogP contribution >= 0.6 is 0 Å². The summed E-state index contributed by atoms with van der Waals surface area (Å²) in [5.74, 6) is 0.635. The first-order valence-electron chi connectivity index (χ1n) is 4.31. The van der Waals surface area contributed by atoms with Crippen LogP contribution in [-0.4, -0.2) is 6.61 Å². The molecule has 0 aliphatic heterocycles. The molecule has 1 heteroatoms. The van der Waals surface area contributed by atoms with E-state index in [2.05, 4.69) is 25.3 Å². The molecule has 0 radical (unpaired) electrons. The van der Waals surface area contributed by atoms with Gasteiger partial charge in [0.15, 0.2) is 0 Å². The molecule has 0 bridgehead atoms. The van der Waals surface area contributed by atoms with E-state index in [1.54, 1.807) is 6.08 Å². The van der Waals surface area contributed by atoms with Crippen LogP contribution < -0.4 is 0 Å². The Kier molecular flexibility index (Phi) is 3.83. The maximum absolute atomic E-state index is 5.28. The molecule has 0 fully saturated rings. The van der Waals surface area contributed by atoms with Gasteiger partial charge in [-0.05, 0) is 11.6 Å². The molecule has 0 spiro atoms. The molecule has 0 aromatic heterocycles. The Morgan fingerprint density at radius 1 is 1.31 bits per heavy atom. The van der Waals surface area contributed by atoms with Gasteiger partial charge in [0.1, 0.15) is 5.76 Å². The predicted octanol–water partition coefficient (Wildman–Crippen LogP) is 2.95. The van der Waals surface area contributed by atoms with Crippen LogP contribution in [0.3, 0.4) is 0 Å². The van der Waals surface area contributed by atoms with E-state index in [9.17, 15) is 0 Å². The zero-order chi connectivity index (χ0) is 9.52. The van der Waals surface area contributed by atoms with Crippen molar-refractivity contribution in [2.45, 2.75) is 6.42 Å². The Labute approximate surface area is 79.4 Å². The first-order chi connectivity index (χ1) is 6.33. The highest BCUT2D eigenvalue weighted by Gasteiger charge is 1.91. The monoisotopic (exact) mass is 174 g/mol. The molecular weight excluding hydrogens is 160 g/mol. The molecule has 1 aromatic rings. The highest BCUT2D eigenvalue weighted by molar-refractivity contribution is 5.14. The van der Waals surface area contributed by atoms with Crippen molar-refractivity contribution >= 4 is 0 Å². The van der Waals surface area contributed by atoms with E-state index in [4.69, 9.17) is 4.74 Å². The van der Waals surface area contributed by atoms with Gasteiger partial charge in [-0.25, -0.2) is 0 Å². The minimum atomic E-state index is 0.635. The summed E-state index contributed by atoms with van der Waals surface area (Å²) in [6, 6.07) is 10.2. The van der Waals surface area contributed by atoms with Gasteiger partial charge in [-0.1, -0.05) is 43.5 Å². The molecule has 1 rings (SSSR count). The van der Waals surface area contributed by atoms with E-state index in [-0.39, 0.29) is 0 Å². The fourth-order valence-corrected chi connectivity index (χ4v) is 1.00. The van der Waals surface area contributed by atoms with E-state index in [0.29, 0.717) is 12.4 Å². The minimum absolute atomic E-state index is 0.635. The quantitative estimate of drug-likeness (QED) is 0.492. The highest BCUT2D eigenvalue weighted by atomic mass is 16.5. The van der Waals surface area contributed by atoms with Gasteiger partial charge in [0, 0.05) is 6.42 Å². The molecule has 1 nitrogen and oxygen atoms in total. The van der Waals surface area contributed by atoms with Gasteiger partial charge in [-0.3, -0.25) is 0 Å². The smallest absolute Gasteiger partial charge is 0.111 e. The van der Waals surface area contributed by atoms with Crippen LogP contribution in [0.2, 0.25) is 0 Å². The third-order valence-corrected chi connectivity index (χ3v) is 1.75. The number of benzene rings is 1. The van der Waals surface area contributed by atoms with Gasteiger partial charge < -0.3 is 4.74 Å². The number of rotatable bonds is 5. The molecule has 1 aromatic carbocycles. The molecule has 0 unspecified atom stereocenters. The Hall–Kier alpha value is -1.50. The standard InChI is InChI=1S/C12H14O/c1-3-11(2)13-10-9-12-7-5-4-6-8-12/h3-8H,1-2,9-10H2. The number of allylic oxidation sites excluding steroid dienone is 1. The summed E-state index contributed by atoms with van der Waals surface area (Å²) >= 11 is 0. The van der Waals surface area contributed by atoms with Crippen LogP contribution in [0.4, 0.5) is 0 Å². The molecule has 0 aliphatic carbocycles. The molecule has 0 atom stereocenters. The second kappa shape index (κ2) is 5.20. The van der Waals surface area contributed by atoms with E-state index in [1.807, 2.05) is 18.2 Å². The van der Waals surface area contributed by atoms with E-state index >= 15 is 0 Å². The lowest BCUT2D eigenvalue weighted by atomic mass is 10.2. The van der Waals surface area contributed by atoms with Crippen LogP contribution in [0.25, 0.3) is 0 Å². The van der Waals surface area contributed by atoms with Gasteiger partial charge in [-0.15, -0.1) is 0 Å². The summed E-state index contributed by atoms with van der Waals surface area (Å²) in [5.41, 5.74) is 1.28. The topological polar surface area (TPSA) is 9.23 Å². The summed E-state index contributed by atoms with van der Waals surface area (Å²) in [7, 11) is 0. The maximum atomic E-state index is 5.28. The van der Waals surface area contributed by atoms with Gasteiger partial charge in [-0.2, -0.15) is 0 Å². The first-order valence-corrected chi connectivity index (χ1v) is 4.31. The normalized spacial score (nSPS) is 9.23. The average Bonchev–Trinajstić information content (AvgIpc) is 2.19. The fourth-order valence-electron chi connectivity index (χ4n) is 1.00. The van der Waals surface area contributed by atoms with Crippen molar-refractivity contribution in [2.75, 3.05) is 6.61 Å². The molecule has 0 heterocycles. The van der Waals surface area contributed by atoms with E-state index in [1.165, 1.54) is 5.56 Å². The molecule has 0 saturated carbocycles. The lowest BCUT2D eigenvalue weighted by Gasteiger charge is -2.04. The van der Waals surface area contributed by atoms with Crippen LogP contribution in [0.5, 0.6) is 0 Å². The molecule has 0 amide bonds. The summed E-state index contributed by atoms with van der Waals surface area (Å²) < 4.78 is 5.28. The van der Waals surface area contributed by atoms with E-state index in [0.717, 1.165) is 6.42 Å². The summed E-state index contributed by atoms with van der Waals surface area (Å²) in [6.07, 6.45) is 2.53. The lowest BCUT2D eigenvalue weighted by Crippen LogP contribution is -1.96. The maximum Gasteiger partial charge on any atom is 0.111 e. The van der Waals surface area contributed by atoms with E-state index < -0.39 is 0 Å². The molecular formula is C12H14O. The third kappa shape index (κ3) is 3.61. The first kappa shape index (κ1) is 9.59. The summed E-state index contributed by atoms with van der Waals surface area (Å²) in [5, 5.41) is 0. The Balaban J connectivity index is 2.28. The van der Waals surface area contributed by atoms with Gasteiger partial charge in [0.05, 0.1) is 6.61 Å². The summed E-state index contributed by atoms with van der Waals surface area (Å²) in [4.78, 5) is 0. The average molecular weight is 174 g/mol. The van der Waals surface area contributed by atoms with Gasteiger partial charge in [0.2, 0.25) is 0 Å². The van der Waals surface area contributed by atoms with Crippen molar-refractivity contribution in [3.05, 3.63) is 60.9 Å². The second-order valence-corrected chi connectivity index (χ2v) is 2.75. The lowest BCUT2D eigenvalue weighted by molar-refractivity contribution is 0.230. The minimum Gasteiger partial charge on any atom is -0.494 e. The van der Waals surface area contributed by atoms with Crippen molar-refractivity contribution in [3.63, 3.8) is 0 Å². The molecule has 13 heavy (non-hydrogen) atoms. The molecule has 0 N–H and O–H groups in total. The third-order valence-electron chi connectivity index (χ3n) is 1.75. The largest absolute Gasteiger partial charge is 0.494 e. The number of hydrogen-bond donors (Lipinski definition) is 0. The SMILES string of the molecule is C=CC(=C)OCCc1ccccc1. The Morgan fingerprint density at radius 2 is 2.00 bits per heavy atom.